The molecule has 3 aliphatic heterocycles. The normalized spacial score (nSPS) is 25.0. The van der Waals surface area contributed by atoms with Gasteiger partial charge in [-0.15, -0.1) is 0 Å². The SMILES string of the molecule is Cc1cccc(OCC(O)CNC2CN3CCC2CC3)c1.O=C(O)C(O)C(O)C(=O)O. The van der Waals surface area contributed by atoms with E-state index < -0.39 is 30.3 Å². The van der Waals surface area contributed by atoms with E-state index >= 15 is 0 Å². The lowest BCUT2D eigenvalue weighted by Gasteiger charge is -2.45. The lowest BCUT2D eigenvalue weighted by Crippen LogP contribution is -2.57. The molecule has 4 atom stereocenters. The number of piperidine rings is 3. The van der Waals surface area contributed by atoms with Gasteiger partial charge in [0.15, 0.2) is 12.2 Å². The summed E-state index contributed by atoms with van der Waals surface area (Å²) in [4.78, 5) is 22.1. The number of carbonyl (C=O) groups is 2. The second-order valence-corrected chi connectivity index (χ2v) is 8.00. The van der Waals surface area contributed by atoms with Crippen LogP contribution < -0.4 is 10.1 Å². The first-order valence-electron chi connectivity index (χ1n) is 10.3. The number of aliphatic hydroxyl groups is 3. The summed E-state index contributed by atoms with van der Waals surface area (Å²) in [6.07, 6.45) is -2.39. The van der Waals surface area contributed by atoms with Crippen molar-refractivity contribution in [1.29, 1.82) is 0 Å². The molecule has 2 bridgehead atoms. The molecule has 10 heteroatoms. The highest BCUT2D eigenvalue weighted by atomic mass is 16.5. The monoisotopic (exact) mass is 440 g/mol. The van der Waals surface area contributed by atoms with Crippen LogP contribution in [0.4, 0.5) is 0 Å². The smallest absolute Gasteiger partial charge is 0.335 e. The van der Waals surface area contributed by atoms with Crippen molar-refractivity contribution in [3.05, 3.63) is 29.8 Å². The van der Waals surface area contributed by atoms with Gasteiger partial charge in [0, 0.05) is 19.1 Å². The molecule has 0 amide bonds. The van der Waals surface area contributed by atoms with E-state index in [2.05, 4.69) is 10.2 Å². The molecule has 4 unspecified atom stereocenters. The van der Waals surface area contributed by atoms with Gasteiger partial charge in [0.05, 0.1) is 0 Å². The van der Waals surface area contributed by atoms with Crippen LogP contribution in [0.1, 0.15) is 18.4 Å². The van der Waals surface area contributed by atoms with Gasteiger partial charge in [0.1, 0.15) is 18.5 Å². The molecular weight excluding hydrogens is 408 g/mol. The first kappa shape index (κ1) is 25.0. The highest BCUT2D eigenvalue weighted by Crippen LogP contribution is 2.27. The zero-order valence-corrected chi connectivity index (χ0v) is 17.6. The molecule has 0 aromatic heterocycles. The summed E-state index contributed by atoms with van der Waals surface area (Å²) in [6.45, 7) is 6.64. The van der Waals surface area contributed by atoms with Crippen molar-refractivity contribution < 1.29 is 39.9 Å². The number of rotatable bonds is 9. The van der Waals surface area contributed by atoms with E-state index in [1.807, 2.05) is 31.2 Å². The maximum absolute atomic E-state index is 10.1. The third-order valence-electron chi connectivity index (χ3n) is 5.51. The Bertz CT molecular complexity index is 705. The van der Waals surface area contributed by atoms with Crippen molar-refractivity contribution in [2.24, 2.45) is 5.92 Å². The van der Waals surface area contributed by atoms with Crippen molar-refractivity contribution in [1.82, 2.24) is 10.2 Å². The Labute approximate surface area is 181 Å². The van der Waals surface area contributed by atoms with Crippen molar-refractivity contribution in [2.45, 2.75) is 44.1 Å². The largest absolute Gasteiger partial charge is 0.491 e. The number of carboxylic acids is 2. The van der Waals surface area contributed by atoms with E-state index in [1.54, 1.807) is 0 Å². The summed E-state index contributed by atoms with van der Waals surface area (Å²) < 4.78 is 5.65. The minimum absolute atomic E-state index is 0.345. The highest BCUT2D eigenvalue weighted by molar-refractivity contribution is 5.83. The molecule has 3 fully saturated rings. The van der Waals surface area contributed by atoms with Gasteiger partial charge in [-0.3, -0.25) is 0 Å². The number of carboxylic acid groups (broad SMARTS) is 2. The Balaban J connectivity index is 0.000000291. The number of hydrogen-bond donors (Lipinski definition) is 6. The van der Waals surface area contributed by atoms with Crippen LogP contribution >= 0.6 is 0 Å². The van der Waals surface area contributed by atoms with Crippen molar-refractivity contribution in [3.63, 3.8) is 0 Å². The van der Waals surface area contributed by atoms with Crippen molar-refractivity contribution in [2.75, 3.05) is 32.8 Å². The quantitative estimate of drug-likeness (QED) is 0.290. The second kappa shape index (κ2) is 12.0. The van der Waals surface area contributed by atoms with Gasteiger partial charge in [-0.1, -0.05) is 12.1 Å². The molecule has 174 valence electrons. The van der Waals surface area contributed by atoms with Gasteiger partial charge >= 0.3 is 11.9 Å². The molecule has 0 spiro atoms. The Hall–Kier alpha value is -2.24. The number of aryl methyl sites for hydroxylation is 1. The number of fused-ring (bicyclic) bond motifs is 3. The van der Waals surface area contributed by atoms with E-state index in [0.29, 0.717) is 19.2 Å². The summed E-state index contributed by atoms with van der Waals surface area (Å²) in [5.41, 5.74) is 1.17. The Morgan fingerprint density at radius 1 is 1.13 bits per heavy atom. The van der Waals surface area contributed by atoms with E-state index in [9.17, 15) is 14.7 Å². The standard InChI is InChI=1S/C17H26N2O2.C4H6O6/c1-13-3-2-4-16(9-13)21-12-15(20)10-18-17-11-19-7-5-14(17)6-8-19;5-1(3(7)8)2(6)4(9)10/h2-4,9,14-15,17-18,20H,5-8,10-12H2,1H3;1-2,5-6H,(H,7,8)(H,9,10). The van der Waals surface area contributed by atoms with E-state index in [0.717, 1.165) is 18.2 Å². The molecule has 31 heavy (non-hydrogen) atoms. The van der Waals surface area contributed by atoms with Crippen LogP contribution in [0.2, 0.25) is 0 Å². The lowest BCUT2D eigenvalue weighted by molar-refractivity contribution is -0.165. The number of aliphatic hydroxyl groups excluding tert-OH is 3. The fraction of sp³-hybridized carbons (Fsp3) is 0.619. The molecule has 6 N–H and O–H groups in total. The zero-order valence-electron chi connectivity index (χ0n) is 17.6. The molecule has 1 aromatic carbocycles. The van der Waals surface area contributed by atoms with E-state index in [-0.39, 0.29) is 0 Å². The third-order valence-corrected chi connectivity index (χ3v) is 5.51. The van der Waals surface area contributed by atoms with Gasteiger partial charge in [-0.05, 0) is 56.5 Å². The average Bonchev–Trinajstić information content (AvgIpc) is 2.76. The van der Waals surface area contributed by atoms with Gasteiger partial charge in [-0.2, -0.15) is 0 Å². The molecule has 4 rings (SSSR count). The molecule has 10 nitrogen and oxygen atoms in total. The van der Waals surface area contributed by atoms with Crippen LogP contribution in [-0.2, 0) is 9.59 Å². The maximum atomic E-state index is 10.1. The predicted molar refractivity (Wildman–Crippen MR) is 111 cm³/mol. The predicted octanol–water partition coefficient (Wildman–Crippen LogP) is -0.704. The third kappa shape index (κ3) is 8.08. The summed E-state index contributed by atoms with van der Waals surface area (Å²) in [7, 11) is 0. The van der Waals surface area contributed by atoms with Gasteiger partial charge in [-0.25, -0.2) is 9.59 Å². The van der Waals surface area contributed by atoms with Crippen molar-refractivity contribution >= 4 is 11.9 Å². The summed E-state index contributed by atoms with van der Waals surface area (Å²) in [6, 6.07) is 8.48. The van der Waals surface area contributed by atoms with Crippen LogP contribution in [0.25, 0.3) is 0 Å². The first-order chi connectivity index (χ1) is 14.7. The lowest BCUT2D eigenvalue weighted by atomic mass is 9.84. The molecule has 0 saturated carbocycles. The Kier molecular flexibility index (Phi) is 9.66. The van der Waals surface area contributed by atoms with Gasteiger partial charge < -0.3 is 40.5 Å². The Morgan fingerprint density at radius 2 is 1.74 bits per heavy atom. The fourth-order valence-corrected chi connectivity index (χ4v) is 3.71. The number of hydrogen-bond acceptors (Lipinski definition) is 8. The molecule has 1 aromatic rings. The van der Waals surface area contributed by atoms with Crippen LogP contribution in [-0.4, -0.2) is 99.5 Å². The molecule has 3 heterocycles. The number of nitrogens with zero attached hydrogens (tertiary/aromatic N) is 1. The highest BCUT2D eigenvalue weighted by Gasteiger charge is 2.33. The average molecular weight is 440 g/mol. The topological polar surface area (TPSA) is 160 Å². The number of ether oxygens (including phenoxy) is 1. The Morgan fingerprint density at radius 3 is 2.23 bits per heavy atom. The van der Waals surface area contributed by atoms with Crippen LogP contribution in [0.3, 0.4) is 0 Å². The minimum atomic E-state index is -2.27. The summed E-state index contributed by atoms with van der Waals surface area (Å²) >= 11 is 0. The van der Waals surface area contributed by atoms with E-state index in [4.69, 9.17) is 25.2 Å². The molecule has 0 aliphatic carbocycles. The summed E-state index contributed by atoms with van der Waals surface area (Å²) in [5.74, 6) is -1.92. The maximum Gasteiger partial charge on any atom is 0.335 e. The number of nitrogens with one attached hydrogen (secondary N) is 1. The van der Waals surface area contributed by atoms with Crippen molar-refractivity contribution in [3.8, 4) is 5.75 Å². The molecule has 0 radical (unpaired) electrons. The molecular formula is C21H32N2O8. The molecule has 3 aliphatic rings. The van der Waals surface area contributed by atoms with Crippen LogP contribution in [0.15, 0.2) is 24.3 Å². The minimum Gasteiger partial charge on any atom is -0.491 e. The van der Waals surface area contributed by atoms with Crippen LogP contribution in [0, 0.1) is 12.8 Å². The fourth-order valence-electron chi connectivity index (χ4n) is 3.71. The molecule has 3 saturated heterocycles. The van der Waals surface area contributed by atoms with Gasteiger partial charge in [0.25, 0.3) is 0 Å². The first-order valence-corrected chi connectivity index (χ1v) is 10.3. The number of benzene rings is 1. The van der Waals surface area contributed by atoms with E-state index in [1.165, 1.54) is 31.5 Å². The zero-order chi connectivity index (χ0) is 23.0. The number of aliphatic carboxylic acids is 2. The van der Waals surface area contributed by atoms with Crippen LogP contribution in [0.5, 0.6) is 5.75 Å². The summed E-state index contributed by atoms with van der Waals surface area (Å²) in [5, 5.41) is 46.1. The second-order valence-electron chi connectivity index (χ2n) is 8.00. The van der Waals surface area contributed by atoms with Gasteiger partial charge in [0.2, 0.25) is 0 Å².